The fourth-order valence-corrected chi connectivity index (χ4v) is 4.09. The van der Waals surface area contributed by atoms with E-state index >= 15 is 0 Å². The number of nitrogens with one attached hydrogen (secondary N) is 1. The average molecular weight is 266 g/mol. The van der Waals surface area contributed by atoms with Crippen LogP contribution >= 0.6 is 11.3 Å². The van der Waals surface area contributed by atoms with Gasteiger partial charge in [0.15, 0.2) is 0 Å². The summed E-state index contributed by atoms with van der Waals surface area (Å²) in [5.74, 6) is 0. The summed E-state index contributed by atoms with van der Waals surface area (Å²) in [5, 5.41) is 4.90. The van der Waals surface area contributed by atoms with Crippen molar-refractivity contribution in [2.24, 2.45) is 5.41 Å². The van der Waals surface area contributed by atoms with Gasteiger partial charge in [-0.1, -0.05) is 20.3 Å². The molecule has 1 atom stereocenters. The van der Waals surface area contributed by atoms with Crippen molar-refractivity contribution in [1.29, 1.82) is 0 Å². The largest absolute Gasteiger partial charge is 0.308 e. The van der Waals surface area contributed by atoms with Crippen LogP contribution < -0.4 is 5.32 Å². The van der Waals surface area contributed by atoms with Crippen LogP contribution in [0.1, 0.15) is 61.5 Å². The van der Waals surface area contributed by atoms with Crippen molar-refractivity contribution < 1.29 is 0 Å². The summed E-state index contributed by atoms with van der Waals surface area (Å²) in [7, 11) is 2.10. The van der Waals surface area contributed by atoms with E-state index in [9.17, 15) is 0 Å². The molecule has 0 aliphatic heterocycles. The van der Waals surface area contributed by atoms with Crippen LogP contribution in [0.15, 0.2) is 0 Å². The predicted molar refractivity (Wildman–Crippen MR) is 79.2 cm³/mol. The molecule has 1 unspecified atom stereocenters. The molecule has 2 nitrogen and oxygen atoms in total. The minimum Gasteiger partial charge on any atom is -0.308 e. The van der Waals surface area contributed by atoms with Gasteiger partial charge in [0.05, 0.1) is 11.2 Å². The maximum Gasteiger partial charge on any atom is 0.113 e. The second-order valence-corrected chi connectivity index (χ2v) is 7.71. The number of hydrogen-bond acceptors (Lipinski definition) is 3. The monoisotopic (exact) mass is 266 g/mol. The smallest absolute Gasteiger partial charge is 0.113 e. The summed E-state index contributed by atoms with van der Waals surface area (Å²) in [6.07, 6.45) is 6.35. The van der Waals surface area contributed by atoms with E-state index < -0.39 is 0 Å². The third-order valence-electron chi connectivity index (χ3n) is 4.60. The maximum absolute atomic E-state index is 4.82. The van der Waals surface area contributed by atoms with E-state index in [4.69, 9.17) is 4.98 Å². The summed E-state index contributed by atoms with van der Waals surface area (Å²) < 4.78 is 0. The second kappa shape index (κ2) is 4.93. The third kappa shape index (κ3) is 2.62. The van der Waals surface area contributed by atoms with E-state index in [1.807, 2.05) is 11.3 Å². The number of aryl methyl sites for hydroxylation is 2. The van der Waals surface area contributed by atoms with Gasteiger partial charge in [0.2, 0.25) is 0 Å². The lowest BCUT2D eigenvalue weighted by Gasteiger charge is -2.31. The minimum absolute atomic E-state index is 0.122. The Bertz CT molecular complexity index is 403. The van der Waals surface area contributed by atoms with Crippen LogP contribution in [0.4, 0.5) is 0 Å². The lowest BCUT2D eigenvalue weighted by molar-refractivity contribution is 0.276. The van der Waals surface area contributed by atoms with E-state index in [1.54, 1.807) is 0 Å². The molecule has 0 spiro atoms. The van der Waals surface area contributed by atoms with Gasteiger partial charge < -0.3 is 5.32 Å². The zero-order valence-electron chi connectivity index (χ0n) is 12.4. The summed E-state index contributed by atoms with van der Waals surface area (Å²) >= 11 is 1.88. The van der Waals surface area contributed by atoms with Crippen molar-refractivity contribution in [1.82, 2.24) is 10.3 Å². The number of nitrogens with zero attached hydrogens (tertiary/aromatic N) is 1. The Morgan fingerprint density at radius 1 is 1.11 bits per heavy atom. The first-order chi connectivity index (χ1) is 8.38. The topological polar surface area (TPSA) is 24.9 Å². The van der Waals surface area contributed by atoms with Gasteiger partial charge in [-0.25, -0.2) is 4.98 Å². The molecule has 1 fully saturated rings. The van der Waals surface area contributed by atoms with Gasteiger partial charge in [0, 0.05) is 4.88 Å². The molecule has 0 amide bonds. The van der Waals surface area contributed by atoms with Gasteiger partial charge in [0.25, 0.3) is 0 Å². The van der Waals surface area contributed by atoms with Gasteiger partial charge in [-0.15, -0.1) is 11.3 Å². The van der Waals surface area contributed by atoms with E-state index in [2.05, 4.69) is 40.1 Å². The number of thiazole rings is 1. The Kier molecular flexibility index (Phi) is 3.84. The van der Waals surface area contributed by atoms with Gasteiger partial charge >= 0.3 is 0 Å². The highest BCUT2D eigenvalue weighted by Gasteiger charge is 2.38. The third-order valence-corrected chi connectivity index (χ3v) is 5.88. The first-order valence-electron chi connectivity index (χ1n) is 7.02. The molecule has 0 saturated heterocycles. The first kappa shape index (κ1) is 14.0. The standard InChI is InChI=1S/C15H26N2S/c1-11-12(2)18-13(17-11)15(16-5)8-6-7-14(3,4)9-10-15/h16H,6-10H2,1-5H3. The summed E-state index contributed by atoms with van der Waals surface area (Å²) in [6.45, 7) is 9.11. The molecule has 1 saturated carbocycles. The van der Waals surface area contributed by atoms with Crippen molar-refractivity contribution in [3.8, 4) is 0 Å². The van der Waals surface area contributed by atoms with Crippen LogP contribution in [-0.2, 0) is 5.54 Å². The number of hydrogen-bond donors (Lipinski definition) is 1. The Morgan fingerprint density at radius 3 is 2.39 bits per heavy atom. The Morgan fingerprint density at radius 2 is 1.83 bits per heavy atom. The molecule has 3 heteroatoms. The highest BCUT2D eigenvalue weighted by atomic mass is 32.1. The SMILES string of the molecule is CNC1(c2nc(C)c(C)s2)CCCC(C)(C)CC1. The lowest BCUT2D eigenvalue weighted by Crippen LogP contribution is -2.39. The zero-order valence-corrected chi connectivity index (χ0v) is 13.2. The fraction of sp³-hybridized carbons (Fsp3) is 0.800. The van der Waals surface area contributed by atoms with Crippen LogP contribution in [0.2, 0.25) is 0 Å². The average Bonchev–Trinajstić information content (AvgIpc) is 2.56. The quantitative estimate of drug-likeness (QED) is 0.813. The van der Waals surface area contributed by atoms with Crippen LogP contribution in [0.5, 0.6) is 0 Å². The molecular weight excluding hydrogens is 240 g/mol. The van der Waals surface area contributed by atoms with E-state index in [0.717, 1.165) is 0 Å². The van der Waals surface area contributed by atoms with Gasteiger partial charge in [-0.2, -0.15) is 0 Å². The molecule has 1 N–H and O–H groups in total. The van der Waals surface area contributed by atoms with Crippen LogP contribution in [0, 0.1) is 19.3 Å². The molecule has 1 aromatic heterocycles. The molecule has 2 rings (SSSR count). The highest BCUT2D eigenvalue weighted by molar-refractivity contribution is 7.11. The molecular formula is C15H26N2S. The maximum atomic E-state index is 4.82. The van der Waals surface area contributed by atoms with Crippen LogP contribution in [0.3, 0.4) is 0 Å². The molecule has 0 aromatic carbocycles. The molecule has 18 heavy (non-hydrogen) atoms. The van der Waals surface area contributed by atoms with Crippen molar-refractivity contribution in [2.45, 2.75) is 65.3 Å². The lowest BCUT2D eigenvalue weighted by atomic mass is 9.83. The van der Waals surface area contributed by atoms with Gasteiger partial charge in [-0.3, -0.25) is 0 Å². The van der Waals surface area contributed by atoms with Crippen molar-refractivity contribution >= 4 is 11.3 Å². The van der Waals surface area contributed by atoms with Gasteiger partial charge in [-0.05, 0) is 52.0 Å². The molecule has 1 aliphatic carbocycles. The summed E-state index contributed by atoms with van der Waals surface area (Å²) in [4.78, 5) is 6.19. The molecule has 0 radical (unpaired) electrons. The molecule has 1 aromatic rings. The van der Waals surface area contributed by atoms with Crippen LogP contribution in [0.25, 0.3) is 0 Å². The Balaban J connectivity index is 2.30. The molecule has 1 aliphatic rings. The normalized spacial score (nSPS) is 28.1. The van der Waals surface area contributed by atoms with Crippen molar-refractivity contribution in [3.05, 3.63) is 15.6 Å². The van der Waals surface area contributed by atoms with Crippen molar-refractivity contribution in [2.75, 3.05) is 7.05 Å². The van der Waals surface area contributed by atoms with Crippen LogP contribution in [-0.4, -0.2) is 12.0 Å². The second-order valence-electron chi connectivity index (χ2n) is 6.51. The van der Waals surface area contributed by atoms with Gasteiger partial charge in [0.1, 0.15) is 5.01 Å². The zero-order chi connectivity index (χ0) is 13.4. The minimum atomic E-state index is 0.122. The first-order valence-corrected chi connectivity index (χ1v) is 7.84. The summed E-state index contributed by atoms with van der Waals surface area (Å²) in [6, 6.07) is 0. The summed E-state index contributed by atoms with van der Waals surface area (Å²) in [5.41, 5.74) is 1.81. The van der Waals surface area contributed by atoms with E-state index in [1.165, 1.54) is 47.7 Å². The highest BCUT2D eigenvalue weighted by Crippen LogP contribution is 2.43. The van der Waals surface area contributed by atoms with Crippen molar-refractivity contribution in [3.63, 3.8) is 0 Å². The Hall–Kier alpha value is -0.410. The van der Waals surface area contributed by atoms with E-state index in [-0.39, 0.29) is 5.54 Å². The number of aromatic nitrogens is 1. The molecule has 102 valence electrons. The Labute approximate surface area is 115 Å². The molecule has 0 bridgehead atoms. The number of rotatable bonds is 2. The fourth-order valence-electron chi connectivity index (χ4n) is 2.92. The predicted octanol–water partition coefficient (Wildman–Crippen LogP) is 4.16. The van der Waals surface area contributed by atoms with E-state index in [0.29, 0.717) is 5.41 Å². The molecule has 1 heterocycles.